The van der Waals surface area contributed by atoms with Gasteiger partial charge in [0, 0.05) is 11.6 Å². The van der Waals surface area contributed by atoms with Crippen LogP contribution in [0.1, 0.15) is 0 Å². The molecule has 0 spiro atoms. The molecule has 3 heteroatoms. The molecule has 19 heavy (non-hydrogen) atoms. The Labute approximate surface area is 112 Å². The van der Waals surface area contributed by atoms with Crippen LogP contribution in [-0.2, 0) is 4.79 Å². The Morgan fingerprint density at radius 3 is 2.16 bits per heavy atom. The van der Waals surface area contributed by atoms with E-state index in [1.165, 1.54) is 5.56 Å². The van der Waals surface area contributed by atoms with Crippen molar-refractivity contribution in [3.8, 4) is 16.9 Å². The lowest BCUT2D eigenvalue weighted by Crippen LogP contribution is -1.86. The summed E-state index contributed by atoms with van der Waals surface area (Å²) in [6.07, 6.45) is 0.833. The van der Waals surface area contributed by atoms with Crippen LogP contribution in [0.5, 0.6) is 5.75 Å². The number of methoxy groups -OCH3 is 1. The van der Waals surface area contributed by atoms with Gasteiger partial charge in [0.1, 0.15) is 5.75 Å². The zero-order valence-electron chi connectivity index (χ0n) is 10.7. The van der Waals surface area contributed by atoms with Gasteiger partial charge in [0.05, 0.1) is 7.11 Å². The standard InChI is InChI=1S/C13H12O.C3H4O2/c1-14-13-10-6-5-9-12(13)11-7-3-2-4-8-11;1-2-3(4)5/h2-10H,1H3;2H,1H2,(H,4,5). The molecule has 2 rings (SSSR count). The van der Waals surface area contributed by atoms with Crippen LogP contribution in [0, 0.1) is 0 Å². The first-order chi connectivity index (χ1) is 9.19. The molecule has 2 aromatic carbocycles. The SMILES string of the molecule is C=CC(=O)O.COc1ccccc1-c1ccccc1. The van der Waals surface area contributed by atoms with Gasteiger partial charge in [0.25, 0.3) is 0 Å². The fourth-order valence-electron chi connectivity index (χ4n) is 1.50. The molecule has 98 valence electrons. The third kappa shape index (κ3) is 4.68. The zero-order chi connectivity index (χ0) is 14.1. The smallest absolute Gasteiger partial charge is 0.327 e. The number of benzene rings is 2. The van der Waals surface area contributed by atoms with Crippen LogP contribution in [0.4, 0.5) is 0 Å². The molecule has 0 aliphatic rings. The molecule has 0 aliphatic carbocycles. The van der Waals surface area contributed by atoms with Crippen LogP contribution in [0.2, 0.25) is 0 Å². The lowest BCUT2D eigenvalue weighted by atomic mass is 10.1. The maximum Gasteiger partial charge on any atom is 0.327 e. The van der Waals surface area contributed by atoms with Gasteiger partial charge in [0.15, 0.2) is 0 Å². The summed E-state index contributed by atoms with van der Waals surface area (Å²) in [5.74, 6) is -0.0660. The normalized spacial score (nSPS) is 8.89. The third-order valence-electron chi connectivity index (χ3n) is 2.37. The molecular formula is C16H16O3. The molecule has 0 heterocycles. The molecule has 0 atom stereocenters. The maximum absolute atomic E-state index is 9.25. The van der Waals surface area contributed by atoms with E-state index in [-0.39, 0.29) is 0 Å². The maximum atomic E-state index is 9.25. The first-order valence-electron chi connectivity index (χ1n) is 5.73. The van der Waals surface area contributed by atoms with E-state index in [0.29, 0.717) is 0 Å². The predicted molar refractivity (Wildman–Crippen MR) is 76.3 cm³/mol. The van der Waals surface area contributed by atoms with E-state index in [1.54, 1.807) is 7.11 Å². The van der Waals surface area contributed by atoms with Crippen LogP contribution in [0.15, 0.2) is 67.3 Å². The van der Waals surface area contributed by atoms with Gasteiger partial charge in [-0.25, -0.2) is 4.79 Å². The van der Waals surface area contributed by atoms with Crippen LogP contribution in [0.3, 0.4) is 0 Å². The molecule has 0 unspecified atom stereocenters. The van der Waals surface area contributed by atoms with Crippen molar-refractivity contribution in [2.24, 2.45) is 0 Å². The van der Waals surface area contributed by atoms with Crippen molar-refractivity contribution >= 4 is 5.97 Å². The molecule has 0 aliphatic heterocycles. The zero-order valence-corrected chi connectivity index (χ0v) is 10.7. The summed E-state index contributed by atoms with van der Waals surface area (Å²) in [7, 11) is 1.70. The first-order valence-corrected chi connectivity index (χ1v) is 5.73. The Balaban J connectivity index is 0.000000312. The third-order valence-corrected chi connectivity index (χ3v) is 2.37. The van der Waals surface area contributed by atoms with Gasteiger partial charge in [0.2, 0.25) is 0 Å². The molecule has 0 saturated heterocycles. The van der Waals surface area contributed by atoms with E-state index in [9.17, 15) is 4.79 Å². The van der Waals surface area contributed by atoms with Crippen molar-refractivity contribution in [1.82, 2.24) is 0 Å². The molecular weight excluding hydrogens is 240 g/mol. The number of ether oxygens (including phenoxy) is 1. The second-order valence-corrected chi connectivity index (χ2v) is 3.61. The highest BCUT2D eigenvalue weighted by molar-refractivity contribution is 5.78. The molecule has 1 N–H and O–H groups in total. The number of carboxylic acid groups (broad SMARTS) is 1. The van der Waals surface area contributed by atoms with Crippen LogP contribution in [0.25, 0.3) is 11.1 Å². The Bertz CT molecular complexity index is 533. The second-order valence-electron chi connectivity index (χ2n) is 3.61. The number of carboxylic acids is 1. The fourth-order valence-corrected chi connectivity index (χ4v) is 1.50. The van der Waals surface area contributed by atoms with Gasteiger partial charge >= 0.3 is 5.97 Å². The first kappa shape index (κ1) is 14.5. The topological polar surface area (TPSA) is 46.5 Å². The Hall–Kier alpha value is -2.55. The average molecular weight is 256 g/mol. The predicted octanol–water partition coefficient (Wildman–Crippen LogP) is 3.62. The molecule has 0 amide bonds. The minimum atomic E-state index is -0.981. The van der Waals surface area contributed by atoms with Crippen LogP contribution >= 0.6 is 0 Å². The number of hydrogen-bond donors (Lipinski definition) is 1. The average Bonchev–Trinajstić information content (AvgIpc) is 2.48. The fraction of sp³-hybridized carbons (Fsp3) is 0.0625. The summed E-state index contributed by atoms with van der Waals surface area (Å²) >= 11 is 0. The van der Waals surface area contributed by atoms with E-state index in [2.05, 4.69) is 24.8 Å². The Morgan fingerprint density at radius 1 is 1.11 bits per heavy atom. The molecule has 0 bridgehead atoms. The van der Waals surface area contributed by atoms with Crippen molar-refractivity contribution in [1.29, 1.82) is 0 Å². The van der Waals surface area contributed by atoms with Crippen LogP contribution < -0.4 is 4.74 Å². The van der Waals surface area contributed by atoms with E-state index in [1.807, 2.05) is 36.4 Å². The van der Waals surface area contributed by atoms with Gasteiger partial charge in [-0.15, -0.1) is 0 Å². The van der Waals surface area contributed by atoms with Gasteiger partial charge in [-0.2, -0.15) is 0 Å². The van der Waals surface area contributed by atoms with E-state index < -0.39 is 5.97 Å². The summed E-state index contributed by atoms with van der Waals surface area (Å²) in [5, 5.41) is 7.60. The van der Waals surface area contributed by atoms with Gasteiger partial charge < -0.3 is 9.84 Å². The Kier molecular flexibility index (Phi) is 5.89. The molecule has 0 saturated carbocycles. The largest absolute Gasteiger partial charge is 0.496 e. The highest BCUT2D eigenvalue weighted by Crippen LogP contribution is 2.28. The minimum Gasteiger partial charge on any atom is -0.496 e. The highest BCUT2D eigenvalue weighted by Gasteiger charge is 2.02. The number of hydrogen-bond acceptors (Lipinski definition) is 2. The second kappa shape index (κ2) is 7.71. The summed E-state index contributed by atoms with van der Waals surface area (Å²) in [6.45, 7) is 2.96. The lowest BCUT2D eigenvalue weighted by Gasteiger charge is -2.07. The van der Waals surface area contributed by atoms with Crippen molar-refractivity contribution in [3.63, 3.8) is 0 Å². The van der Waals surface area contributed by atoms with E-state index >= 15 is 0 Å². The quantitative estimate of drug-likeness (QED) is 0.853. The van der Waals surface area contributed by atoms with Crippen LogP contribution in [-0.4, -0.2) is 18.2 Å². The summed E-state index contributed by atoms with van der Waals surface area (Å²) < 4.78 is 5.30. The monoisotopic (exact) mass is 256 g/mol. The van der Waals surface area contributed by atoms with E-state index in [4.69, 9.17) is 9.84 Å². The minimum absolute atomic E-state index is 0.833. The van der Waals surface area contributed by atoms with Gasteiger partial charge in [-0.3, -0.25) is 0 Å². The number of carbonyl (C=O) groups is 1. The molecule has 2 aromatic rings. The summed E-state index contributed by atoms with van der Waals surface area (Å²) in [5.41, 5.74) is 2.32. The summed E-state index contributed by atoms with van der Waals surface area (Å²) in [6, 6.07) is 18.3. The lowest BCUT2D eigenvalue weighted by molar-refractivity contribution is -0.131. The highest BCUT2D eigenvalue weighted by atomic mass is 16.5. The van der Waals surface area contributed by atoms with Crippen molar-refractivity contribution in [2.45, 2.75) is 0 Å². The molecule has 0 radical (unpaired) electrons. The molecule has 0 fully saturated rings. The summed E-state index contributed by atoms with van der Waals surface area (Å²) in [4.78, 5) is 9.25. The van der Waals surface area contributed by atoms with E-state index in [0.717, 1.165) is 17.4 Å². The van der Waals surface area contributed by atoms with Crippen molar-refractivity contribution < 1.29 is 14.6 Å². The molecule has 3 nitrogen and oxygen atoms in total. The van der Waals surface area contributed by atoms with Gasteiger partial charge in [-0.1, -0.05) is 55.1 Å². The molecule has 0 aromatic heterocycles. The number of para-hydroxylation sites is 1. The number of rotatable bonds is 3. The Morgan fingerprint density at radius 2 is 1.63 bits per heavy atom. The number of aliphatic carboxylic acids is 1. The van der Waals surface area contributed by atoms with Crippen molar-refractivity contribution in [3.05, 3.63) is 67.3 Å². The van der Waals surface area contributed by atoms with Crippen molar-refractivity contribution in [2.75, 3.05) is 7.11 Å². The van der Waals surface area contributed by atoms with Gasteiger partial charge in [-0.05, 0) is 11.6 Å².